The molecule has 0 atom stereocenters. The fourth-order valence-corrected chi connectivity index (χ4v) is 1.73. The van der Waals surface area contributed by atoms with Crippen LogP contribution >= 0.6 is 0 Å². The number of hydrogen-bond acceptors (Lipinski definition) is 2. The van der Waals surface area contributed by atoms with Crippen molar-refractivity contribution in [2.75, 3.05) is 0 Å². The maximum atomic E-state index is 10.6. The first-order chi connectivity index (χ1) is 8.65. The molecule has 0 aromatic heterocycles. The van der Waals surface area contributed by atoms with Gasteiger partial charge in [-0.15, -0.1) is 0 Å². The molecule has 0 radical (unpaired) electrons. The molecule has 0 fully saturated rings. The predicted molar refractivity (Wildman–Crippen MR) is 69.0 cm³/mol. The van der Waals surface area contributed by atoms with Crippen molar-refractivity contribution in [3.63, 3.8) is 0 Å². The van der Waals surface area contributed by atoms with Crippen LogP contribution in [-0.4, -0.2) is 11.1 Å². The van der Waals surface area contributed by atoms with Crippen LogP contribution in [-0.2, 0) is 11.2 Å². The second-order valence-electron chi connectivity index (χ2n) is 4.09. The van der Waals surface area contributed by atoms with Gasteiger partial charge in [0.15, 0.2) is 0 Å². The number of ether oxygens (including phenoxy) is 1. The van der Waals surface area contributed by atoms with Crippen LogP contribution in [0.1, 0.15) is 11.1 Å². The number of carboxylic acids is 1. The molecule has 0 amide bonds. The lowest BCUT2D eigenvalue weighted by Crippen LogP contribution is -2.00. The fourth-order valence-electron chi connectivity index (χ4n) is 1.73. The lowest BCUT2D eigenvalue weighted by Gasteiger charge is -2.09. The Labute approximate surface area is 106 Å². The second kappa shape index (κ2) is 5.36. The van der Waals surface area contributed by atoms with Crippen molar-refractivity contribution in [2.24, 2.45) is 0 Å². The van der Waals surface area contributed by atoms with E-state index in [0.29, 0.717) is 0 Å². The molecule has 2 aromatic carbocycles. The predicted octanol–water partition coefficient (Wildman–Crippen LogP) is 3.41. The number of aryl methyl sites for hydroxylation is 1. The summed E-state index contributed by atoms with van der Waals surface area (Å²) in [5.74, 6) is 0.688. The quantitative estimate of drug-likeness (QED) is 0.893. The maximum absolute atomic E-state index is 10.6. The highest BCUT2D eigenvalue weighted by atomic mass is 16.5. The fraction of sp³-hybridized carbons (Fsp3) is 0.133. The van der Waals surface area contributed by atoms with Gasteiger partial charge in [0.1, 0.15) is 11.5 Å². The maximum Gasteiger partial charge on any atom is 0.307 e. The van der Waals surface area contributed by atoms with E-state index in [9.17, 15) is 4.79 Å². The van der Waals surface area contributed by atoms with Crippen LogP contribution in [0.15, 0.2) is 48.5 Å². The summed E-state index contributed by atoms with van der Waals surface area (Å²) < 4.78 is 5.72. The van der Waals surface area contributed by atoms with Gasteiger partial charge in [-0.05, 0) is 36.2 Å². The Morgan fingerprint density at radius 2 is 1.89 bits per heavy atom. The van der Waals surface area contributed by atoms with Crippen molar-refractivity contribution < 1.29 is 14.6 Å². The zero-order valence-corrected chi connectivity index (χ0v) is 10.1. The highest BCUT2D eigenvalue weighted by molar-refractivity contribution is 5.70. The first-order valence-corrected chi connectivity index (χ1v) is 5.69. The molecule has 2 rings (SSSR count). The van der Waals surface area contributed by atoms with Crippen LogP contribution in [0.4, 0.5) is 0 Å². The highest BCUT2D eigenvalue weighted by Crippen LogP contribution is 2.25. The van der Waals surface area contributed by atoms with Crippen molar-refractivity contribution in [1.82, 2.24) is 0 Å². The second-order valence-corrected chi connectivity index (χ2v) is 4.09. The molecule has 0 aliphatic rings. The number of carbonyl (C=O) groups is 1. The number of hydrogen-bond donors (Lipinski definition) is 1. The number of rotatable bonds is 4. The van der Waals surface area contributed by atoms with Crippen LogP contribution in [0.25, 0.3) is 0 Å². The van der Waals surface area contributed by atoms with E-state index in [0.717, 1.165) is 22.6 Å². The lowest BCUT2D eigenvalue weighted by atomic mass is 10.1. The van der Waals surface area contributed by atoms with E-state index in [4.69, 9.17) is 9.84 Å². The van der Waals surface area contributed by atoms with Gasteiger partial charge in [0.05, 0.1) is 6.42 Å². The Bertz CT molecular complexity index is 547. The average molecular weight is 242 g/mol. The number of para-hydroxylation sites is 1. The van der Waals surface area contributed by atoms with Gasteiger partial charge in [-0.3, -0.25) is 4.79 Å². The van der Waals surface area contributed by atoms with E-state index in [2.05, 4.69) is 0 Å². The summed E-state index contributed by atoms with van der Waals surface area (Å²) in [6, 6.07) is 14.9. The summed E-state index contributed by atoms with van der Waals surface area (Å²) in [4.78, 5) is 10.6. The third-order valence-electron chi connectivity index (χ3n) is 2.57. The molecule has 2 aromatic rings. The molecule has 0 bridgehead atoms. The molecule has 3 nitrogen and oxygen atoms in total. The molecule has 0 saturated heterocycles. The largest absolute Gasteiger partial charge is 0.481 e. The zero-order valence-electron chi connectivity index (χ0n) is 10.1. The van der Waals surface area contributed by atoms with E-state index < -0.39 is 5.97 Å². The van der Waals surface area contributed by atoms with Gasteiger partial charge in [0, 0.05) is 0 Å². The average Bonchev–Trinajstić information content (AvgIpc) is 2.33. The van der Waals surface area contributed by atoms with Crippen LogP contribution in [0, 0.1) is 6.92 Å². The molecule has 0 aliphatic carbocycles. The van der Waals surface area contributed by atoms with E-state index >= 15 is 0 Å². The topological polar surface area (TPSA) is 46.5 Å². The van der Waals surface area contributed by atoms with Crippen LogP contribution in [0.3, 0.4) is 0 Å². The Hall–Kier alpha value is -2.29. The monoisotopic (exact) mass is 242 g/mol. The molecule has 18 heavy (non-hydrogen) atoms. The summed E-state index contributed by atoms with van der Waals surface area (Å²) in [7, 11) is 0. The van der Waals surface area contributed by atoms with Crippen molar-refractivity contribution in [2.45, 2.75) is 13.3 Å². The molecule has 3 heteroatoms. The Morgan fingerprint density at radius 3 is 2.50 bits per heavy atom. The van der Waals surface area contributed by atoms with Gasteiger partial charge in [0.25, 0.3) is 0 Å². The minimum absolute atomic E-state index is 0.0342. The molecular formula is C15H14O3. The SMILES string of the molecule is Cc1cc(CC(=O)O)ccc1Oc1ccccc1. The van der Waals surface area contributed by atoms with Gasteiger partial charge < -0.3 is 9.84 Å². The van der Waals surface area contributed by atoms with Gasteiger partial charge >= 0.3 is 5.97 Å². The lowest BCUT2D eigenvalue weighted by molar-refractivity contribution is -0.136. The summed E-state index contributed by atoms with van der Waals surface area (Å²) in [5.41, 5.74) is 1.71. The molecular weight excluding hydrogens is 228 g/mol. The smallest absolute Gasteiger partial charge is 0.307 e. The van der Waals surface area contributed by atoms with Gasteiger partial charge in [0.2, 0.25) is 0 Å². The summed E-state index contributed by atoms with van der Waals surface area (Å²) in [6.45, 7) is 1.91. The van der Waals surface area contributed by atoms with Crippen LogP contribution in [0.2, 0.25) is 0 Å². The molecule has 0 aliphatic heterocycles. The van der Waals surface area contributed by atoms with Crippen molar-refractivity contribution >= 4 is 5.97 Å². The first kappa shape index (κ1) is 12.2. The Kier molecular flexibility index (Phi) is 3.63. The number of benzene rings is 2. The summed E-state index contributed by atoms with van der Waals surface area (Å²) in [6.07, 6.45) is 0.0342. The molecule has 0 unspecified atom stereocenters. The molecule has 0 spiro atoms. The molecule has 92 valence electrons. The zero-order chi connectivity index (χ0) is 13.0. The number of aliphatic carboxylic acids is 1. The van der Waals surface area contributed by atoms with Crippen molar-refractivity contribution in [1.29, 1.82) is 0 Å². The van der Waals surface area contributed by atoms with Gasteiger partial charge in [-0.25, -0.2) is 0 Å². The molecule has 0 saturated carbocycles. The van der Waals surface area contributed by atoms with E-state index in [-0.39, 0.29) is 6.42 Å². The highest BCUT2D eigenvalue weighted by Gasteiger charge is 2.05. The standard InChI is InChI=1S/C15H14O3/c1-11-9-12(10-15(16)17)7-8-14(11)18-13-5-3-2-4-6-13/h2-9H,10H2,1H3,(H,16,17). The van der Waals surface area contributed by atoms with E-state index in [1.54, 1.807) is 12.1 Å². The normalized spacial score (nSPS) is 10.1. The molecule has 1 N–H and O–H groups in total. The summed E-state index contributed by atoms with van der Waals surface area (Å²) in [5, 5.41) is 8.73. The van der Waals surface area contributed by atoms with Crippen molar-refractivity contribution in [3.05, 3.63) is 59.7 Å². The minimum atomic E-state index is -0.828. The van der Waals surface area contributed by atoms with Crippen LogP contribution < -0.4 is 4.74 Å². The Morgan fingerprint density at radius 1 is 1.17 bits per heavy atom. The van der Waals surface area contributed by atoms with E-state index in [1.807, 2.05) is 43.3 Å². The third kappa shape index (κ3) is 3.10. The Balaban J connectivity index is 2.17. The molecule has 0 heterocycles. The van der Waals surface area contributed by atoms with Crippen molar-refractivity contribution in [3.8, 4) is 11.5 Å². The third-order valence-corrected chi connectivity index (χ3v) is 2.57. The number of carboxylic acid groups (broad SMARTS) is 1. The van der Waals surface area contributed by atoms with Gasteiger partial charge in [-0.2, -0.15) is 0 Å². The van der Waals surface area contributed by atoms with E-state index in [1.165, 1.54) is 0 Å². The minimum Gasteiger partial charge on any atom is -0.481 e. The summed E-state index contributed by atoms with van der Waals surface area (Å²) >= 11 is 0. The van der Waals surface area contributed by atoms with Gasteiger partial charge in [-0.1, -0.05) is 30.3 Å². The van der Waals surface area contributed by atoms with Crippen LogP contribution in [0.5, 0.6) is 11.5 Å². The first-order valence-electron chi connectivity index (χ1n) is 5.69.